The number of carboxylic acids is 1. The monoisotopic (exact) mass is 435 g/mol. The van der Waals surface area contributed by atoms with Crippen LogP contribution >= 0.6 is 11.6 Å². The fourth-order valence-electron chi connectivity index (χ4n) is 3.37. The van der Waals surface area contributed by atoms with Crippen molar-refractivity contribution in [1.29, 1.82) is 0 Å². The van der Waals surface area contributed by atoms with Crippen LogP contribution in [0.4, 0.5) is 0 Å². The molecule has 0 spiro atoms. The first-order valence-electron chi connectivity index (χ1n) is 9.51. The molecule has 2 heterocycles. The number of hydrogen-bond acceptors (Lipinski definition) is 5. The molecule has 0 bridgehead atoms. The lowest BCUT2D eigenvalue weighted by atomic mass is 10.0. The second-order valence-electron chi connectivity index (χ2n) is 6.88. The number of rotatable bonds is 6. The number of ether oxygens (including phenoxy) is 1. The van der Waals surface area contributed by atoms with Gasteiger partial charge >= 0.3 is 5.97 Å². The summed E-state index contributed by atoms with van der Waals surface area (Å²) in [6, 6.07) is 13.3. The molecule has 0 radical (unpaired) electrons. The third-order valence-corrected chi connectivity index (χ3v) is 5.12. The van der Waals surface area contributed by atoms with E-state index in [1.165, 1.54) is 6.07 Å². The predicted molar refractivity (Wildman–Crippen MR) is 118 cm³/mol. The number of carboxylic acid groups (broad SMARTS) is 1. The maximum atomic E-state index is 12.8. The van der Waals surface area contributed by atoms with Crippen LogP contribution in [0.3, 0.4) is 0 Å². The van der Waals surface area contributed by atoms with Crippen LogP contribution in [0.2, 0.25) is 5.02 Å². The molecule has 0 aliphatic carbocycles. The minimum Gasteiger partial charge on any atom is -0.491 e. The Morgan fingerprint density at radius 2 is 2.03 bits per heavy atom. The van der Waals surface area contributed by atoms with Crippen LogP contribution in [0.1, 0.15) is 16.2 Å². The Kier molecular flexibility index (Phi) is 5.68. The third-order valence-electron chi connectivity index (χ3n) is 4.88. The molecule has 0 aliphatic heterocycles. The number of benzene rings is 2. The van der Waals surface area contributed by atoms with Gasteiger partial charge in [0.15, 0.2) is 0 Å². The van der Waals surface area contributed by atoms with E-state index in [9.17, 15) is 14.7 Å². The van der Waals surface area contributed by atoms with Crippen molar-refractivity contribution in [3.8, 4) is 16.9 Å². The standard InChI is InChI=1S/C23H18ClN3O4/c1-14-26-20-13-25-8-7-18(20)22(28)27(14)9-10-31-21-6-5-17(24)12-19(21)15-3-2-4-16(11-15)23(29)30/h2-8,11-13H,9-10H2,1H3,(H,29,30). The zero-order chi connectivity index (χ0) is 22.0. The van der Waals surface area contributed by atoms with E-state index in [1.807, 2.05) is 0 Å². The van der Waals surface area contributed by atoms with Crippen LogP contribution in [0.5, 0.6) is 5.75 Å². The fraction of sp³-hybridized carbons (Fsp3) is 0.130. The summed E-state index contributed by atoms with van der Waals surface area (Å²) in [5.41, 5.74) is 1.91. The van der Waals surface area contributed by atoms with Crippen molar-refractivity contribution >= 4 is 28.5 Å². The molecular weight excluding hydrogens is 418 g/mol. The van der Waals surface area contributed by atoms with Crippen LogP contribution in [0.15, 0.2) is 65.7 Å². The highest BCUT2D eigenvalue weighted by Gasteiger charge is 2.12. The van der Waals surface area contributed by atoms with Crippen LogP contribution in [0.25, 0.3) is 22.0 Å². The highest BCUT2D eigenvalue weighted by atomic mass is 35.5. The number of aromatic nitrogens is 3. The molecule has 0 saturated heterocycles. The summed E-state index contributed by atoms with van der Waals surface area (Å²) < 4.78 is 7.53. The highest BCUT2D eigenvalue weighted by molar-refractivity contribution is 6.31. The number of fused-ring (bicyclic) bond motifs is 1. The summed E-state index contributed by atoms with van der Waals surface area (Å²) in [4.78, 5) is 32.6. The molecule has 0 fully saturated rings. The summed E-state index contributed by atoms with van der Waals surface area (Å²) in [5.74, 6) is 0.0929. The van der Waals surface area contributed by atoms with E-state index in [0.29, 0.717) is 45.2 Å². The van der Waals surface area contributed by atoms with Crippen molar-refractivity contribution in [3.05, 3.63) is 87.7 Å². The van der Waals surface area contributed by atoms with Gasteiger partial charge in [0.1, 0.15) is 18.2 Å². The van der Waals surface area contributed by atoms with Gasteiger partial charge in [-0.2, -0.15) is 0 Å². The second kappa shape index (κ2) is 8.57. The molecule has 0 atom stereocenters. The van der Waals surface area contributed by atoms with Crippen LogP contribution in [-0.4, -0.2) is 32.2 Å². The number of nitrogens with zero attached hydrogens (tertiary/aromatic N) is 3. The molecule has 7 nitrogen and oxygen atoms in total. The zero-order valence-corrected chi connectivity index (χ0v) is 17.3. The van der Waals surface area contributed by atoms with Gasteiger partial charge in [0.25, 0.3) is 5.56 Å². The van der Waals surface area contributed by atoms with Crippen molar-refractivity contribution < 1.29 is 14.6 Å². The Hall–Kier alpha value is -3.71. The van der Waals surface area contributed by atoms with Crippen LogP contribution in [0, 0.1) is 6.92 Å². The minimum atomic E-state index is -1.01. The van der Waals surface area contributed by atoms with Gasteiger partial charge in [-0.25, -0.2) is 9.78 Å². The SMILES string of the molecule is Cc1nc2cnccc2c(=O)n1CCOc1ccc(Cl)cc1-c1cccc(C(=O)O)c1. The Balaban J connectivity index is 1.61. The van der Waals surface area contributed by atoms with Gasteiger partial charge in [0, 0.05) is 16.8 Å². The molecule has 1 N–H and O–H groups in total. The molecule has 0 amide bonds. The van der Waals surface area contributed by atoms with E-state index >= 15 is 0 Å². The highest BCUT2D eigenvalue weighted by Crippen LogP contribution is 2.33. The number of halogens is 1. The number of aromatic carboxylic acids is 1. The average molecular weight is 436 g/mol. The lowest BCUT2D eigenvalue weighted by molar-refractivity contribution is 0.0697. The molecule has 0 unspecified atom stereocenters. The minimum absolute atomic E-state index is 0.154. The van der Waals surface area contributed by atoms with Gasteiger partial charge in [-0.3, -0.25) is 14.3 Å². The molecule has 156 valence electrons. The Labute approximate surface area is 182 Å². The molecule has 4 aromatic rings. The normalized spacial score (nSPS) is 10.9. The van der Waals surface area contributed by atoms with E-state index in [0.717, 1.165) is 0 Å². The smallest absolute Gasteiger partial charge is 0.335 e. The van der Waals surface area contributed by atoms with Gasteiger partial charge in [-0.05, 0) is 48.9 Å². The molecular formula is C23H18ClN3O4. The topological polar surface area (TPSA) is 94.3 Å². The fourth-order valence-corrected chi connectivity index (χ4v) is 3.54. The second-order valence-corrected chi connectivity index (χ2v) is 7.32. The molecule has 31 heavy (non-hydrogen) atoms. The maximum Gasteiger partial charge on any atom is 0.335 e. The number of aryl methyl sites for hydroxylation is 1. The Morgan fingerprint density at radius 1 is 1.19 bits per heavy atom. The van der Waals surface area contributed by atoms with Gasteiger partial charge in [-0.15, -0.1) is 0 Å². The first-order valence-corrected chi connectivity index (χ1v) is 9.89. The Bertz CT molecular complexity index is 1350. The summed E-state index contributed by atoms with van der Waals surface area (Å²) >= 11 is 6.17. The average Bonchev–Trinajstić information content (AvgIpc) is 2.77. The van der Waals surface area contributed by atoms with Gasteiger partial charge in [0.2, 0.25) is 0 Å². The van der Waals surface area contributed by atoms with Crippen LogP contribution in [-0.2, 0) is 6.54 Å². The third kappa shape index (κ3) is 4.27. The summed E-state index contributed by atoms with van der Waals surface area (Å²) in [6.07, 6.45) is 3.13. The first kappa shape index (κ1) is 20.6. The van der Waals surface area contributed by atoms with E-state index in [1.54, 1.807) is 66.3 Å². The van der Waals surface area contributed by atoms with Crippen molar-refractivity contribution in [2.24, 2.45) is 0 Å². The largest absolute Gasteiger partial charge is 0.491 e. The first-order chi connectivity index (χ1) is 14.9. The van der Waals surface area contributed by atoms with Gasteiger partial charge < -0.3 is 9.84 Å². The molecule has 2 aromatic heterocycles. The van der Waals surface area contributed by atoms with Crippen molar-refractivity contribution in [2.75, 3.05) is 6.61 Å². The lowest BCUT2D eigenvalue weighted by Gasteiger charge is -2.15. The van der Waals surface area contributed by atoms with Crippen molar-refractivity contribution in [3.63, 3.8) is 0 Å². The van der Waals surface area contributed by atoms with Crippen molar-refractivity contribution in [2.45, 2.75) is 13.5 Å². The summed E-state index contributed by atoms with van der Waals surface area (Å²) in [7, 11) is 0. The summed E-state index contributed by atoms with van der Waals surface area (Å²) in [5, 5.41) is 10.3. The number of hydrogen-bond donors (Lipinski definition) is 1. The summed E-state index contributed by atoms with van der Waals surface area (Å²) in [6.45, 7) is 2.28. The number of pyridine rings is 1. The molecule has 8 heteroatoms. The van der Waals surface area contributed by atoms with Gasteiger partial charge in [0.05, 0.1) is 29.2 Å². The quantitative estimate of drug-likeness (QED) is 0.487. The molecule has 0 saturated carbocycles. The molecule has 0 aliphatic rings. The van der Waals surface area contributed by atoms with Crippen molar-refractivity contribution in [1.82, 2.24) is 14.5 Å². The van der Waals surface area contributed by atoms with Gasteiger partial charge in [-0.1, -0.05) is 23.7 Å². The predicted octanol–water partition coefficient (Wildman–Crippen LogP) is 4.20. The van der Waals surface area contributed by atoms with Crippen LogP contribution < -0.4 is 10.3 Å². The number of carbonyl (C=O) groups is 1. The lowest BCUT2D eigenvalue weighted by Crippen LogP contribution is -2.26. The van der Waals surface area contributed by atoms with E-state index < -0.39 is 5.97 Å². The Morgan fingerprint density at radius 3 is 2.84 bits per heavy atom. The zero-order valence-electron chi connectivity index (χ0n) is 16.6. The van der Waals surface area contributed by atoms with E-state index in [-0.39, 0.29) is 17.7 Å². The maximum absolute atomic E-state index is 12.8. The van der Waals surface area contributed by atoms with E-state index in [4.69, 9.17) is 16.3 Å². The van der Waals surface area contributed by atoms with E-state index in [2.05, 4.69) is 9.97 Å². The molecule has 4 rings (SSSR count). The molecule has 2 aromatic carbocycles.